The lowest BCUT2D eigenvalue weighted by atomic mass is 10.2. The summed E-state index contributed by atoms with van der Waals surface area (Å²) < 4.78 is 31.6. The van der Waals surface area contributed by atoms with Crippen molar-refractivity contribution in [3.05, 3.63) is 46.5 Å². The molecule has 29 heavy (non-hydrogen) atoms. The number of aliphatic hydroxyl groups excluding tert-OH is 1. The zero-order valence-corrected chi connectivity index (χ0v) is 17.4. The van der Waals surface area contributed by atoms with Crippen molar-refractivity contribution in [2.45, 2.75) is 12.8 Å². The van der Waals surface area contributed by atoms with Gasteiger partial charge in [0.1, 0.15) is 5.75 Å². The standard InChI is InChI=1S/C19H26N4O5S/c1-28-17-7-5-16(6-8-17)23-14-15(4-3-13-24)20-18(19(23)25)21-9-11-22(12-10-21)29(2,26)27/h5-8,14,24H,3-4,9-13H2,1-2H3. The van der Waals surface area contributed by atoms with Gasteiger partial charge in [0.15, 0.2) is 5.82 Å². The van der Waals surface area contributed by atoms with Crippen LogP contribution in [0.5, 0.6) is 5.75 Å². The number of anilines is 1. The maximum absolute atomic E-state index is 13.2. The Kier molecular flexibility index (Phi) is 6.56. The van der Waals surface area contributed by atoms with Gasteiger partial charge in [0.2, 0.25) is 10.0 Å². The van der Waals surface area contributed by atoms with E-state index in [1.807, 2.05) is 4.90 Å². The van der Waals surface area contributed by atoms with Gasteiger partial charge in [0, 0.05) is 44.7 Å². The fourth-order valence-corrected chi connectivity index (χ4v) is 4.11. The molecule has 2 aromatic rings. The minimum Gasteiger partial charge on any atom is -0.497 e. The number of nitrogens with zero attached hydrogens (tertiary/aromatic N) is 4. The Bertz CT molecular complexity index is 996. The van der Waals surface area contributed by atoms with Crippen LogP contribution in [0.2, 0.25) is 0 Å². The van der Waals surface area contributed by atoms with Gasteiger partial charge < -0.3 is 14.7 Å². The van der Waals surface area contributed by atoms with Gasteiger partial charge >= 0.3 is 0 Å². The summed E-state index contributed by atoms with van der Waals surface area (Å²) in [5.74, 6) is 0.984. The molecular formula is C19H26N4O5S. The molecule has 0 radical (unpaired) electrons. The monoisotopic (exact) mass is 422 g/mol. The Morgan fingerprint density at radius 1 is 1.14 bits per heavy atom. The summed E-state index contributed by atoms with van der Waals surface area (Å²) in [4.78, 5) is 19.5. The quantitative estimate of drug-likeness (QED) is 0.682. The third kappa shape index (κ3) is 4.95. The van der Waals surface area contributed by atoms with Gasteiger partial charge in [-0.05, 0) is 37.1 Å². The first-order valence-corrected chi connectivity index (χ1v) is 11.3. The summed E-state index contributed by atoms with van der Waals surface area (Å²) in [6, 6.07) is 7.14. The van der Waals surface area contributed by atoms with Crippen molar-refractivity contribution < 1.29 is 18.3 Å². The minimum absolute atomic E-state index is 0.0334. The van der Waals surface area contributed by atoms with Crippen molar-refractivity contribution in [3.63, 3.8) is 0 Å². The second-order valence-corrected chi connectivity index (χ2v) is 8.89. The van der Waals surface area contributed by atoms with Gasteiger partial charge in [-0.1, -0.05) is 0 Å². The molecule has 1 aliphatic heterocycles. The van der Waals surface area contributed by atoms with Crippen molar-refractivity contribution >= 4 is 15.8 Å². The Balaban J connectivity index is 1.96. The molecule has 1 saturated heterocycles. The number of ether oxygens (including phenoxy) is 1. The highest BCUT2D eigenvalue weighted by Crippen LogP contribution is 2.17. The topological polar surface area (TPSA) is 105 Å². The molecule has 1 fully saturated rings. The number of aliphatic hydroxyl groups is 1. The molecule has 0 atom stereocenters. The summed E-state index contributed by atoms with van der Waals surface area (Å²) in [7, 11) is -1.68. The van der Waals surface area contributed by atoms with Crippen LogP contribution in [0.1, 0.15) is 12.1 Å². The second kappa shape index (κ2) is 8.93. The molecule has 1 aromatic carbocycles. The number of aromatic nitrogens is 2. The molecule has 0 amide bonds. The zero-order chi connectivity index (χ0) is 21.0. The molecule has 2 heterocycles. The molecule has 9 nitrogen and oxygen atoms in total. The smallest absolute Gasteiger partial charge is 0.298 e. The van der Waals surface area contributed by atoms with Gasteiger partial charge in [-0.2, -0.15) is 4.31 Å². The molecule has 158 valence electrons. The summed E-state index contributed by atoms with van der Waals surface area (Å²) in [6.45, 7) is 1.43. The second-order valence-electron chi connectivity index (χ2n) is 6.91. The molecule has 1 N–H and O–H groups in total. The van der Waals surface area contributed by atoms with E-state index in [1.165, 1.54) is 15.1 Å². The minimum atomic E-state index is -3.26. The van der Waals surface area contributed by atoms with E-state index in [0.29, 0.717) is 62.0 Å². The van der Waals surface area contributed by atoms with Crippen molar-refractivity contribution in [1.82, 2.24) is 13.9 Å². The van der Waals surface area contributed by atoms with Crippen LogP contribution in [0, 0.1) is 0 Å². The average molecular weight is 423 g/mol. The Morgan fingerprint density at radius 3 is 2.34 bits per heavy atom. The van der Waals surface area contributed by atoms with Gasteiger partial charge in [-0.3, -0.25) is 9.36 Å². The number of hydrogen-bond donors (Lipinski definition) is 1. The zero-order valence-electron chi connectivity index (χ0n) is 16.6. The Morgan fingerprint density at radius 2 is 1.79 bits per heavy atom. The summed E-state index contributed by atoms with van der Waals surface area (Å²) >= 11 is 0. The van der Waals surface area contributed by atoms with E-state index in [2.05, 4.69) is 4.98 Å². The molecule has 0 spiro atoms. The van der Waals surface area contributed by atoms with E-state index < -0.39 is 10.0 Å². The fraction of sp³-hybridized carbons (Fsp3) is 0.474. The number of sulfonamides is 1. The van der Waals surface area contributed by atoms with E-state index in [1.54, 1.807) is 37.6 Å². The molecular weight excluding hydrogens is 396 g/mol. The average Bonchev–Trinajstić information content (AvgIpc) is 2.72. The summed E-state index contributed by atoms with van der Waals surface area (Å²) in [6.07, 6.45) is 3.95. The lowest BCUT2D eigenvalue weighted by molar-refractivity contribution is 0.288. The first-order chi connectivity index (χ1) is 13.8. The third-order valence-electron chi connectivity index (χ3n) is 4.89. The summed E-state index contributed by atoms with van der Waals surface area (Å²) in [5, 5.41) is 9.17. The third-order valence-corrected chi connectivity index (χ3v) is 6.19. The number of hydrogen-bond acceptors (Lipinski definition) is 7. The molecule has 0 saturated carbocycles. The lowest BCUT2D eigenvalue weighted by Crippen LogP contribution is -2.50. The first kappa shape index (κ1) is 21.3. The molecule has 0 bridgehead atoms. The number of benzene rings is 1. The van der Waals surface area contributed by atoms with Gasteiger partial charge in [-0.15, -0.1) is 0 Å². The van der Waals surface area contributed by atoms with Crippen LogP contribution in [-0.4, -0.2) is 73.5 Å². The van der Waals surface area contributed by atoms with E-state index in [9.17, 15) is 13.2 Å². The molecule has 1 aromatic heterocycles. The molecule has 0 unspecified atom stereocenters. The van der Waals surface area contributed by atoms with Crippen LogP contribution >= 0.6 is 0 Å². The van der Waals surface area contributed by atoms with Crippen LogP contribution in [-0.2, 0) is 16.4 Å². The Hall–Kier alpha value is -2.43. The fourth-order valence-electron chi connectivity index (χ4n) is 3.28. The molecule has 0 aliphatic carbocycles. The van der Waals surface area contributed by atoms with Crippen LogP contribution in [0.15, 0.2) is 35.3 Å². The summed E-state index contributed by atoms with van der Waals surface area (Å²) in [5.41, 5.74) is 1.10. The van der Waals surface area contributed by atoms with Crippen LogP contribution in [0.3, 0.4) is 0 Å². The number of piperazine rings is 1. The van der Waals surface area contributed by atoms with Crippen molar-refractivity contribution in [1.29, 1.82) is 0 Å². The maximum atomic E-state index is 13.2. The van der Waals surface area contributed by atoms with E-state index in [-0.39, 0.29) is 12.2 Å². The largest absolute Gasteiger partial charge is 0.497 e. The van der Waals surface area contributed by atoms with Gasteiger partial charge in [0.25, 0.3) is 5.56 Å². The van der Waals surface area contributed by atoms with Crippen molar-refractivity contribution in [2.24, 2.45) is 0 Å². The van der Waals surface area contributed by atoms with Crippen molar-refractivity contribution in [3.8, 4) is 11.4 Å². The van der Waals surface area contributed by atoms with Crippen LogP contribution in [0.4, 0.5) is 5.82 Å². The normalized spacial score (nSPS) is 15.5. The highest BCUT2D eigenvalue weighted by atomic mass is 32.2. The number of methoxy groups -OCH3 is 1. The predicted octanol–water partition coefficient (Wildman–Crippen LogP) is 0.248. The van der Waals surface area contributed by atoms with Gasteiger partial charge in [0.05, 0.1) is 19.1 Å². The van der Waals surface area contributed by atoms with Crippen molar-refractivity contribution in [2.75, 3.05) is 51.1 Å². The SMILES string of the molecule is COc1ccc(-n2cc(CCCO)nc(N3CCN(S(C)(=O)=O)CC3)c2=O)cc1. The predicted molar refractivity (Wildman–Crippen MR) is 110 cm³/mol. The first-order valence-electron chi connectivity index (χ1n) is 9.41. The number of aryl methyl sites for hydroxylation is 1. The lowest BCUT2D eigenvalue weighted by Gasteiger charge is -2.33. The highest BCUT2D eigenvalue weighted by Gasteiger charge is 2.26. The van der Waals surface area contributed by atoms with E-state index >= 15 is 0 Å². The number of rotatable bonds is 7. The highest BCUT2D eigenvalue weighted by molar-refractivity contribution is 7.88. The van der Waals surface area contributed by atoms with E-state index in [4.69, 9.17) is 9.84 Å². The molecule has 3 rings (SSSR count). The molecule has 10 heteroatoms. The Labute approximate surface area is 170 Å². The maximum Gasteiger partial charge on any atom is 0.298 e. The van der Waals surface area contributed by atoms with Crippen LogP contribution < -0.4 is 15.2 Å². The van der Waals surface area contributed by atoms with E-state index in [0.717, 1.165) is 0 Å². The molecule has 1 aliphatic rings. The van der Waals surface area contributed by atoms with Crippen LogP contribution in [0.25, 0.3) is 5.69 Å². The van der Waals surface area contributed by atoms with Gasteiger partial charge in [-0.25, -0.2) is 13.4 Å².